The zero-order chi connectivity index (χ0) is 16.6. The van der Waals surface area contributed by atoms with E-state index >= 15 is 0 Å². The molecule has 124 valence electrons. The van der Waals surface area contributed by atoms with E-state index in [0.717, 1.165) is 17.2 Å². The fourth-order valence-corrected chi connectivity index (χ4v) is 2.57. The van der Waals surface area contributed by atoms with Crippen LogP contribution in [0.5, 0.6) is 0 Å². The molecular formula is C16H23N5O2. The van der Waals surface area contributed by atoms with Crippen LogP contribution in [0.15, 0.2) is 12.3 Å². The molecule has 23 heavy (non-hydrogen) atoms. The number of aryl methyl sites for hydroxylation is 1. The Morgan fingerprint density at radius 2 is 2.22 bits per heavy atom. The Labute approximate surface area is 135 Å². The molecule has 1 atom stereocenters. The van der Waals surface area contributed by atoms with E-state index in [2.05, 4.69) is 40.9 Å². The minimum Gasteiger partial charge on any atom is -0.367 e. The van der Waals surface area contributed by atoms with Gasteiger partial charge in [0.1, 0.15) is 17.6 Å². The Bertz CT molecular complexity index is 697. The Kier molecular flexibility index (Phi) is 3.97. The van der Waals surface area contributed by atoms with Gasteiger partial charge < -0.3 is 14.6 Å². The minimum atomic E-state index is -0.220. The van der Waals surface area contributed by atoms with Crippen LogP contribution in [0.4, 0.5) is 0 Å². The van der Waals surface area contributed by atoms with E-state index in [0.29, 0.717) is 25.4 Å². The molecule has 2 aromatic heterocycles. The molecule has 0 radical (unpaired) electrons. The van der Waals surface area contributed by atoms with Gasteiger partial charge in [0.2, 0.25) is 0 Å². The minimum absolute atomic E-state index is 0.0647. The molecule has 1 unspecified atom stereocenters. The predicted octanol–water partition coefficient (Wildman–Crippen LogP) is 1.95. The molecule has 0 saturated carbocycles. The molecule has 7 nitrogen and oxygen atoms in total. The van der Waals surface area contributed by atoms with Crippen molar-refractivity contribution in [1.29, 1.82) is 0 Å². The Morgan fingerprint density at radius 3 is 2.83 bits per heavy atom. The topological polar surface area (TPSA) is 86.9 Å². The molecule has 0 spiro atoms. The summed E-state index contributed by atoms with van der Waals surface area (Å²) >= 11 is 0. The molecule has 1 amide bonds. The third-order valence-electron chi connectivity index (χ3n) is 3.99. The standard InChI is InChI=1S/C16H23N5O2/c1-10-8-17-14(18-10)12-9-21(5-6-23-12)15(22)11-7-13(20-19-11)16(2,3)4/h7-8,12H,5-6,9H2,1-4H3,(H,17,18)(H,19,20). The maximum absolute atomic E-state index is 12.7. The van der Waals surface area contributed by atoms with E-state index in [1.165, 1.54) is 0 Å². The SMILES string of the molecule is Cc1cnc(C2CN(C(=O)c3cc(C(C)(C)C)[nH]n3)CCO2)[nH]1. The van der Waals surface area contributed by atoms with Crippen molar-refractivity contribution in [3.8, 4) is 0 Å². The van der Waals surface area contributed by atoms with Crippen LogP contribution < -0.4 is 0 Å². The highest BCUT2D eigenvalue weighted by molar-refractivity contribution is 5.92. The number of carbonyl (C=O) groups is 1. The van der Waals surface area contributed by atoms with Crippen LogP contribution in [-0.4, -0.2) is 50.7 Å². The number of hydrogen-bond donors (Lipinski definition) is 2. The number of morpholine rings is 1. The van der Waals surface area contributed by atoms with Crippen LogP contribution in [-0.2, 0) is 10.2 Å². The molecule has 1 aliphatic rings. The molecule has 3 heterocycles. The summed E-state index contributed by atoms with van der Waals surface area (Å²) in [4.78, 5) is 21.9. The van der Waals surface area contributed by atoms with E-state index in [1.807, 2.05) is 13.0 Å². The first-order valence-corrected chi connectivity index (χ1v) is 7.83. The van der Waals surface area contributed by atoms with Crippen LogP contribution in [0.1, 0.15) is 54.6 Å². The molecular weight excluding hydrogens is 294 g/mol. The van der Waals surface area contributed by atoms with E-state index < -0.39 is 0 Å². The number of hydrogen-bond acceptors (Lipinski definition) is 4. The summed E-state index contributed by atoms with van der Waals surface area (Å²) in [5.41, 5.74) is 2.32. The number of amides is 1. The van der Waals surface area contributed by atoms with Crippen molar-refractivity contribution in [1.82, 2.24) is 25.1 Å². The van der Waals surface area contributed by atoms with Crippen LogP contribution >= 0.6 is 0 Å². The van der Waals surface area contributed by atoms with Gasteiger partial charge in [-0.25, -0.2) is 4.98 Å². The molecule has 2 N–H and O–H groups in total. The lowest BCUT2D eigenvalue weighted by Crippen LogP contribution is -2.42. The first kappa shape index (κ1) is 15.7. The second-order valence-corrected chi connectivity index (χ2v) is 6.98. The molecule has 0 aliphatic carbocycles. The first-order valence-electron chi connectivity index (χ1n) is 7.83. The van der Waals surface area contributed by atoms with Crippen LogP contribution in [0, 0.1) is 6.92 Å². The van der Waals surface area contributed by atoms with Crippen molar-refractivity contribution >= 4 is 5.91 Å². The van der Waals surface area contributed by atoms with Gasteiger partial charge >= 0.3 is 0 Å². The summed E-state index contributed by atoms with van der Waals surface area (Å²) in [5, 5.41) is 7.14. The van der Waals surface area contributed by atoms with Crippen molar-refractivity contribution in [2.45, 2.75) is 39.2 Å². The smallest absolute Gasteiger partial charge is 0.274 e. The zero-order valence-electron chi connectivity index (χ0n) is 14.0. The predicted molar refractivity (Wildman–Crippen MR) is 85.2 cm³/mol. The number of carbonyl (C=O) groups excluding carboxylic acids is 1. The second kappa shape index (κ2) is 5.81. The lowest BCUT2D eigenvalue weighted by atomic mass is 9.92. The van der Waals surface area contributed by atoms with Gasteiger partial charge in [0, 0.05) is 29.5 Å². The average Bonchev–Trinajstić information content (AvgIpc) is 3.15. The number of imidazole rings is 1. The molecule has 0 aromatic carbocycles. The van der Waals surface area contributed by atoms with E-state index in [9.17, 15) is 4.79 Å². The molecule has 1 fully saturated rings. The Balaban J connectivity index is 1.73. The number of nitrogens with one attached hydrogen (secondary N) is 2. The summed E-state index contributed by atoms with van der Waals surface area (Å²) < 4.78 is 5.74. The molecule has 3 rings (SSSR count). The first-order chi connectivity index (χ1) is 10.8. The summed E-state index contributed by atoms with van der Waals surface area (Å²) in [6.45, 7) is 9.72. The van der Waals surface area contributed by atoms with E-state index in [4.69, 9.17) is 4.74 Å². The van der Waals surface area contributed by atoms with Gasteiger partial charge in [-0.15, -0.1) is 0 Å². The average molecular weight is 317 g/mol. The third kappa shape index (κ3) is 3.29. The van der Waals surface area contributed by atoms with Gasteiger partial charge in [-0.3, -0.25) is 9.89 Å². The number of aromatic amines is 2. The summed E-state index contributed by atoms with van der Waals surface area (Å²) in [6.07, 6.45) is 1.55. The molecule has 2 aromatic rings. The van der Waals surface area contributed by atoms with Crippen LogP contribution in [0.2, 0.25) is 0 Å². The largest absolute Gasteiger partial charge is 0.367 e. The maximum atomic E-state index is 12.7. The van der Waals surface area contributed by atoms with Gasteiger partial charge in [-0.05, 0) is 13.0 Å². The quantitative estimate of drug-likeness (QED) is 0.886. The van der Waals surface area contributed by atoms with Gasteiger partial charge in [-0.2, -0.15) is 5.10 Å². The highest BCUT2D eigenvalue weighted by Crippen LogP contribution is 2.23. The number of H-pyrrole nitrogens is 2. The van der Waals surface area contributed by atoms with E-state index in [1.54, 1.807) is 11.1 Å². The number of rotatable bonds is 2. The van der Waals surface area contributed by atoms with Crippen LogP contribution in [0.25, 0.3) is 0 Å². The Hall–Kier alpha value is -2.15. The highest BCUT2D eigenvalue weighted by atomic mass is 16.5. The highest BCUT2D eigenvalue weighted by Gasteiger charge is 2.29. The molecule has 1 saturated heterocycles. The fourth-order valence-electron chi connectivity index (χ4n) is 2.57. The summed E-state index contributed by atoms with van der Waals surface area (Å²) in [6, 6.07) is 1.84. The van der Waals surface area contributed by atoms with Crippen molar-refractivity contribution in [3.63, 3.8) is 0 Å². The monoisotopic (exact) mass is 317 g/mol. The molecule has 7 heteroatoms. The van der Waals surface area contributed by atoms with Gasteiger partial charge in [-0.1, -0.05) is 20.8 Å². The lowest BCUT2D eigenvalue weighted by Gasteiger charge is -2.31. The maximum Gasteiger partial charge on any atom is 0.274 e. The van der Waals surface area contributed by atoms with Crippen molar-refractivity contribution < 1.29 is 9.53 Å². The second-order valence-electron chi connectivity index (χ2n) is 6.98. The fraction of sp³-hybridized carbons (Fsp3) is 0.562. The van der Waals surface area contributed by atoms with Gasteiger partial charge in [0.25, 0.3) is 5.91 Å². The molecule has 0 bridgehead atoms. The zero-order valence-corrected chi connectivity index (χ0v) is 14.0. The summed E-state index contributed by atoms with van der Waals surface area (Å²) in [5.74, 6) is 0.686. The van der Waals surface area contributed by atoms with E-state index in [-0.39, 0.29) is 17.4 Å². The third-order valence-corrected chi connectivity index (χ3v) is 3.99. The normalized spacial score (nSPS) is 19.1. The number of ether oxygens (including phenoxy) is 1. The van der Waals surface area contributed by atoms with Crippen molar-refractivity contribution in [3.05, 3.63) is 35.2 Å². The lowest BCUT2D eigenvalue weighted by molar-refractivity contribution is -0.0266. The Morgan fingerprint density at radius 1 is 1.43 bits per heavy atom. The van der Waals surface area contributed by atoms with Crippen molar-refractivity contribution in [2.24, 2.45) is 0 Å². The number of aromatic nitrogens is 4. The summed E-state index contributed by atoms with van der Waals surface area (Å²) in [7, 11) is 0. The van der Waals surface area contributed by atoms with Crippen LogP contribution in [0.3, 0.4) is 0 Å². The van der Waals surface area contributed by atoms with Crippen molar-refractivity contribution in [2.75, 3.05) is 19.7 Å². The molecule has 1 aliphatic heterocycles. The van der Waals surface area contributed by atoms with Gasteiger partial charge in [0.15, 0.2) is 0 Å². The number of nitrogens with zero attached hydrogens (tertiary/aromatic N) is 3. The van der Waals surface area contributed by atoms with Gasteiger partial charge in [0.05, 0.1) is 13.2 Å².